The number of carbonyl (C=O) groups is 1. The quantitative estimate of drug-likeness (QED) is 0.745. The van der Waals surface area contributed by atoms with Gasteiger partial charge in [0.15, 0.2) is 0 Å². The highest BCUT2D eigenvalue weighted by molar-refractivity contribution is 5.81. The van der Waals surface area contributed by atoms with Crippen LogP contribution < -0.4 is 5.73 Å². The van der Waals surface area contributed by atoms with Crippen molar-refractivity contribution in [3.05, 3.63) is 0 Å². The highest BCUT2D eigenvalue weighted by Gasteiger charge is 2.22. The van der Waals surface area contributed by atoms with Crippen molar-refractivity contribution in [3.8, 4) is 0 Å². The molecule has 1 unspecified atom stereocenters. The lowest BCUT2D eigenvalue weighted by Gasteiger charge is -2.29. The Hall–Kier alpha value is -0.570. The van der Waals surface area contributed by atoms with Crippen molar-refractivity contribution in [2.24, 2.45) is 23.5 Å². The number of carbonyl (C=O) groups excluding carboxylic acids is 1. The molecule has 1 amide bonds. The Morgan fingerprint density at radius 2 is 1.35 bits per heavy atom. The van der Waals surface area contributed by atoms with E-state index < -0.39 is 0 Å². The molecule has 0 aromatic heterocycles. The fourth-order valence-electron chi connectivity index (χ4n) is 1.98. The molecule has 0 saturated carbocycles. The molecule has 0 aliphatic heterocycles. The zero-order valence-corrected chi connectivity index (χ0v) is 12.4. The van der Waals surface area contributed by atoms with Gasteiger partial charge in [-0.05, 0) is 24.2 Å². The van der Waals surface area contributed by atoms with Crippen LogP contribution in [-0.2, 0) is 4.79 Å². The van der Waals surface area contributed by atoms with Gasteiger partial charge in [-0.2, -0.15) is 0 Å². The van der Waals surface area contributed by atoms with Gasteiger partial charge in [0.25, 0.3) is 0 Å². The van der Waals surface area contributed by atoms with Crippen molar-refractivity contribution < 1.29 is 4.79 Å². The third kappa shape index (κ3) is 7.37. The minimum Gasteiger partial charge on any atom is -0.341 e. The molecule has 1 atom stereocenters. The topological polar surface area (TPSA) is 46.3 Å². The summed E-state index contributed by atoms with van der Waals surface area (Å²) in [4.78, 5) is 14.2. The largest absolute Gasteiger partial charge is 0.341 e. The lowest BCUT2D eigenvalue weighted by molar-refractivity contribution is -0.134. The van der Waals surface area contributed by atoms with Crippen LogP contribution in [0, 0.1) is 17.8 Å². The van der Waals surface area contributed by atoms with E-state index in [2.05, 4.69) is 41.5 Å². The maximum Gasteiger partial charge on any atom is 0.239 e. The lowest BCUT2D eigenvalue weighted by Crippen LogP contribution is -2.47. The van der Waals surface area contributed by atoms with Gasteiger partial charge >= 0.3 is 0 Å². The van der Waals surface area contributed by atoms with Crippen LogP contribution in [0.3, 0.4) is 0 Å². The maximum atomic E-state index is 12.3. The number of amides is 1. The smallest absolute Gasteiger partial charge is 0.239 e. The van der Waals surface area contributed by atoms with Crippen molar-refractivity contribution in [3.63, 3.8) is 0 Å². The highest BCUT2D eigenvalue weighted by atomic mass is 16.2. The second-order valence-corrected chi connectivity index (χ2v) is 6.27. The molecule has 102 valence electrons. The molecule has 0 spiro atoms. The molecular formula is C14H30N2O. The Morgan fingerprint density at radius 1 is 0.941 bits per heavy atom. The number of hydrogen-bond acceptors (Lipinski definition) is 2. The Labute approximate surface area is 107 Å². The van der Waals surface area contributed by atoms with Crippen LogP contribution in [-0.4, -0.2) is 29.9 Å². The lowest BCUT2D eigenvalue weighted by atomic mass is 10.0. The molecule has 0 saturated heterocycles. The van der Waals surface area contributed by atoms with Gasteiger partial charge in [0, 0.05) is 13.1 Å². The normalized spacial score (nSPS) is 13.5. The molecular weight excluding hydrogens is 212 g/mol. The number of rotatable bonds is 7. The third-order valence-corrected chi connectivity index (χ3v) is 2.53. The second-order valence-electron chi connectivity index (χ2n) is 6.27. The van der Waals surface area contributed by atoms with E-state index in [1.807, 2.05) is 4.90 Å². The first kappa shape index (κ1) is 16.4. The molecule has 0 fully saturated rings. The number of hydrogen-bond donors (Lipinski definition) is 1. The first-order valence-corrected chi connectivity index (χ1v) is 6.78. The minimum atomic E-state index is -0.340. The molecule has 0 bridgehead atoms. The van der Waals surface area contributed by atoms with Crippen molar-refractivity contribution >= 4 is 5.91 Å². The van der Waals surface area contributed by atoms with E-state index in [-0.39, 0.29) is 11.9 Å². The maximum absolute atomic E-state index is 12.3. The Kier molecular flexibility index (Phi) is 7.44. The Morgan fingerprint density at radius 3 is 1.65 bits per heavy atom. The zero-order chi connectivity index (χ0) is 13.6. The summed E-state index contributed by atoms with van der Waals surface area (Å²) in [7, 11) is 0. The van der Waals surface area contributed by atoms with Gasteiger partial charge in [0.05, 0.1) is 6.04 Å². The fourth-order valence-corrected chi connectivity index (χ4v) is 1.98. The molecule has 0 rings (SSSR count). The van der Waals surface area contributed by atoms with Crippen LogP contribution in [0.4, 0.5) is 0 Å². The summed E-state index contributed by atoms with van der Waals surface area (Å²) in [5, 5.41) is 0. The summed E-state index contributed by atoms with van der Waals surface area (Å²) in [6.07, 6.45) is 0.769. The van der Waals surface area contributed by atoms with E-state index in [4.69, 9.17) is 5.73 Å². The molecule has 0 heterocycles. The van der Waals surface area contributed by atoms with Gasteiger partial charge in [-0.3, -0.25) is 4.79 Å². The van der Waals surface area contributed by atoms with E-state index >= 15 is 0 Å². The van der Waals surface area contributed by atoms with E-state index in [1.54, 1.807) is 0 Å². The Balaban J connectivity index is 4.50. The second kappa shape index (κ2) is 7.70. The molecule has 0 aliphatic rings. The fraction of sp³-hybridized carbons (Fsp3) is 0.929. The van der Waals surface area contributed by atoms with Crippen LogP contribution in [0.1, 0.15) is 48.0 Å². The highest BCUT2D eigenvalue weighted by Crippen LogP contribution is 2.10. The van der Waals surface area contributed by atoms with Crippen molar-refractivity contribution in [1.29, 1.82) is 0 Å². The molecule has 2 N–H and O–H groups in total. The predicted octanol–water partition coefficient (Wildman–Crippen LogP) is 2.50. The molecule has 0 aromatic rings. The molecule has 3 heteroatoms. The molecule has 17 heavy (non-hydrogen) atoms. The van der Waals surface area contributed by atoms with Crippen LogP contribution in [0.5, 0.6) is 0 Å². The first-order valence-electron chi connectivity index (χ1n) is 6.78. The van der Waals surface area contributed by atoms with Crippen LogP contribution in [0.2, 0.25) is 0 Å². The van der Waals surface area contributed by atoms with Crippen molar-refractivity contribution in [2.75, 3.05) is 13.1 Å². The van der Waals surface area contributed by atoms with Crippen LogP contribution >= 0.6 is 0 Å². The van der Waals surface area contributed by atoms with Crippen molar-refractivity contribution in [1.82, 2.24) is 4.90 Å². The first-order chi connectivity index (χ1) is 7.73. The summed E-state index contributed by atoms with van der Waals surface area (Å²) < 4.78 is 0. The molecule has 0 aliphatic carbocycles. The average molecular weight is 242 g/mol. The summed E-state index contributed by atoms with van der Waals surface area (Å²) >= 11 is 0. The molecule has 0 aromatic carbocycles. The minimum absolute atomic E-state index is 0.112. The van der Waals surface area contributed by atoms with E-state index in [0.717, 1.165) is 19.5 Å². The summed E-state index contributed by atoms with van der Waals surface area (Å²) in [5.41, 5.74) is 5.98. The van der Waals surface area contributed by atoms with Gasteiger partial charge in [-0.25, -0.2) is 0 Å². The third-order valence-electron chi connectivity index (χ3n) is 2.53. The summed E-state index contributed by atoms with van der Waals surface area (Å²) in [6, 6.07) is -0.340. The molecule has 0 radical (unpaired) electrons. The van der Waals surface area contributed by atoms with Gasteiger partial charge in [-0.15, -0.1) is 0 Å². The predicted molar refractivity (Wildman–Crippen MR) is 73.7 cm³/mol. The van der Waals surface area contributed by atoms with E-state index in [0.29, 0.717) is 17.8 Å². The monoisotopic (exact) mass is 242 g/mol. The Bertz CT molecular complexity index is 214. The number of nitrogens with two attached hydrogens (primary N) is 1. The van der Waals surface area contributed by atoms with Gasteiger partial charge in [0.2, 0.25) is 5.91 Å². The van der Waals surface area contributed by atoms with Gasteiger partial charge in [-0.1, -0.05) is 41.5 Å². The standard InChI is InChI=1S/C14H30N2O/c1-10(2)7-13(15)14(17)16(8-11(3)4)9-12(5)6/h10-13H,7-9,15H2,1-6H3. The SMILES string of the molecule is CC(C)CC(N)C(=O)N(CC(C)C)CC(C)C. The number of nitrogens with zero attached hydrogens (tertiary/aromatic N) is 1. The molecule has 3 nitrogen and oxygen atoms in total. The van der Waals surface area contributed by atoms with Crippen LogP contribution in [0.15, 0.2) is 0 Å². The van der Waals surface area contributed by atoms with E-state index in [9.17, 15) is 4.79 Å². The van der Waals surface area contributed by atoms with Crippen molar-refractivity contribution in [2.45, 2.75) is 54.0 Å². The summed E-state index contributed by atoms with van der Waals surface area (Å²) in [6.45, 7) is 14.3. The van der Waals surface area contributed by atoms with Crippen LogP contribution in [0.25, 0.3) is 0 Å². The summed E-state index contributed by atoms with van der Waals surface area (Å²) in [5.74, 6) is 1.56. The van der Waals surface area contributed by atoms with Gasteiger partial charge in [0.1, 0.15) is 0 Å². The average Bonchev–Trinajstić information content (AvgIpc) is 2.12. The zero-order valence-electron chi connectivity index (χ0n) is 12.4. The van der Waals surface area contributed by atoms with Gasteiger partial charge < -0.3 is 10.6 Å². The van der Waals surface area contributed by atoms with E-state index in [1.165, 1.54) is 0 Å².